The zero-order valence-corrected chi connectivity index (χ0v) is 15.1. The Balaban J connectivity index is 1.89. The average molecular weight is 359 g/mol. The summed E-state index contributed by atoms with van der Waals surface area (Å²) in [5.41, 5.74) is 2.31. The summed E-state index contributed by atoms with van der Waals surface area (Å²) in [6.07, 6.45) is 2.65. The lowest BCUT2D eigenvalue weighted by Gasteiger charge is -2.26. The van der Waals surface area contributed by atoms with Gasteiger partial charge in [-0.15, -0.1) is 0 Å². The van der Waals surface area contributed by atoms with E-state index in [2.05, 4.69) is 0 Å². The van der Waals surface area contributed by atoms with Crippen LogP contribution < -0.4 is 9.47 Å². The van der Waals surface area contributed by atoms with Crippen LogP contribution in [0.1, 0.15) is 12.0 Å². The fraction of sp³-hybridized carbons (Fsp3) is 0.263. The molecule has 0 atom stereocenters. The topological polar surface area (TPSA) is 55.8 Å². The lowest BCUT2D eigenvalue weighted by Crippen LogP contribution is -2.34. The van der Waals surface area contributed by atoms with Crippen molar-refractivity contribution in [3.63, 3.8) is 0 Å². The maximum atomic E-state index is 13.0. The second kappa shape index (κ2) is 7.29. The summed E-state index contributed by atoms with van der Waals surface area (Å²) in [6.45, 7) is 0.774. The molecule has 2 aromatic carbocycles. The van der Waals surface area contributed by atoms with Crippen LogP contribution in [0.2, 0.25) is 0 Å². The van der Waals surface area contributed by atoms with Crippen LogP contribution in [0.4, 0.5) is 0 Å². The Hall–Kier alpha value is -2.31. The van der Waals surface area contributed by atoms with Crippen molar-refractivity contribution in [2.45, 2.75) is 11.3 Å². The van der Waals surface area contributed by atoms with Gasteiger partial charge < -0.3 is 9.47 Å². The standard InChI is InChI=1S/C19H21NO4S/c1-23-17-8-9-18(24-2)19(14-17)25(21,22)20-12-10-16(11-13-20)15-6-4-3-5-7-15/h3-10,14H,11-13H2,1-2H3. The summed E-state index contributed by atoms with van der Waals surface area (Å²) in [4.78, 5) is 0.130. The Morgan fingerprint density at radius 3 is 2.36 bits per heavy atom. The van der Waals surface area contributed by atoms with Gasteiger partial charge in [-0.3, -0.25) is 0 Å². The molecule has 3 rings (SSSR count). The molecule has 0 spiro atoms. The number of rotatable bonds is 5. The van der Waals surface area contributed by atoms with Crippen LogP contribution in [0.5, 0.6) is 11.5 Å². The van der Waals surface area contributed by atoms with Crippen LogP contribution >= 0.6 is 0 Å². The first-order valence-electron chi connectivity index (χ1n) is 8.03. The zero-order valence-electron chi connectivity index (χ0n) is 14.3. The predicted octanol–water partition coefficient (Wildman–Crippen LogP) is 3.18. The van der Waals surface area contributed by atoms with E-state index in [1.54, 1.807) is 12.1 Å². The Kier molecular flexibility index (Phi) is 5.11. The first-order valence-corrected chi connectivity index (χ1v) is 9.47. The third-order valence-corrected chi connectivity index (χ3v) is 6.19. The van der Waals surface area contributed by atoms with Crippen LogP contribution in [-0.4, -0.2) is 40.0 Å². The number of benzene rings is 2. The van der Waals surface area contributed by atoms with Gasteiger partial charge in [-0.05, 0) is 29.7 Å². The average Bonchev–Trinajstić information content (AvgIpc) is 2.68. The summed E-state index contributed by atoms with van der Waals surface area (Å²) in [6, 6.07) is 14.8. The molecule has 1 aliphatic rings. The van der Waals surface area contributed by atoms with Gasteiger partial charge in [-0.25, -0.2) is 8.42 Å². The van der Waals surface area contributed by atoms with Crippen molar-refractivity contribution in [2.75, 3.05) is 27.3 Å². The Bertz CT molecular complexity index is 876. The summed E-state index contributed by atoms with van der Waals surface area (Å²) in [7, 11) is -0.689. The fourth-order valence-electron chi connectivity index (χ4n) is 2.91. The van der Waals surface area contributed by atoms with E-state index in [9.17, 15) is 8.42 Å². The summed E-state index contributed by atoms with van der Waals surface area (Å²) in [5.74, 6) is 0.801. The molecule has 0 saturated heterocycles. The minimum Gasteiger partial charge on any atom is -0.497 e. The molecule has 1 heterocycles. The first-order chi connectivity index (χ1) is 12.1. The van der Waals surface area contributed by atoms with E-state index in [1.165, 1.54) is 30.2 Å². The molecule has 0 N–H and O–H groups in total. The van der Waals surface area contributed by atoms with Gasteiger partial charge in [0.15, 0.2) is 0 Å². The van der Waals surface area contributed by atoms with E-state index in [0.717, 1.165) is 5.56 Å². The van der Waals surface area contributed by atoms with Crippen LogP contribution in [0.25, 0.3) is 5.57 Å². The molecule has 0 radical (unpaired) electrons. The number of sulfonamides is 1. The van der Waals surface area contributed by atoms with Gasteiger partial charge in [-0.1, -0.05) is 36.4 Å². The van der Waals surface area contributed by atoms with Gasteiger partial charge in [0, 0.05) is 19.2 Å². The molecule has 0 saturated carbocycles. The SMILES string of the molecule is COc1ccc(OC)c(S(=O)(=O)N2CC=C(c3ccccc3)CC2)c1. The van der Waals surface area contributed by atoms with Crippen molar-refractivity contribution in [1.82, 2.24) is 4.31 Å². The molecule has 6 heteroatoms. The van der Waals surface area contributed by atoms with Crippen LogP contribution in [-0.2, 0) is 10.0 Å². The monoisotopic (exact) mass is 359 g/mol. The van der Waals surface area contributed by atoms with Crippen molar-refractivity contribution in [1.29, 1.82) is 0 Å². The third-order valence-electron chi connectivity index (χ3n) is 4.31. The molecule has 0 bridgehead atoms. The fourth-order valence-corrected chi connectivity index (χ4v) is 4.46. The van der Waals surface area contributed by atoms with Gasteiger partial charge in [0.25, 0.3) is 0 Å². The highest BCUT2D eigenvalue weighted by Gasteiger charge is 2.29. The summed E-state index contributed by atoms with van der Waals surface area (Å²) >= 11 is 0. The molecule has 2 aromatic rings. The molecule has 5 nitrogen and oxygen atoms in total. The lowest BCUT2D eigenvalue weighted by atomic mass is 10.0. The smallest absolute Gasteiger partial charge is 0.247 e. The largest absolute Gasteiger partial charge is 0.497 e. The maximum absolute atomic E-state index is 13.0. The Morgan fingerprint density at radius 2 is 1.76 bits per heavy atom. The highest BCUT2D eigenvalue weighted by atomic mass is 32.2. The number of nitrogens with zero attached hydrogens (tertiary/aromatic N) is 1. The Labute approximate surface area is 148 Å². The molecular weight excluding hydrogens is 338 g/mol. The quantitative estimate of drug-likeness (QED) is 0.823. The number of ether oxygens (including phenoxy) is 2. The predicted molar refractivity (Wildman–Crippen MR) is 97.3 cm³/mol. The van der Waals surface area contributed by atoms with Crippen molar-refractivity contribution in [2.24, 2.45) is 0 Å². The van der Waals surface area contributed by atoms with Crippen LogP contribution in [0.3, 0.4) is 0 Å². The van der Waals surface area contributed by atoms with Gasteiger partial charge in [0.2, 0.25) is 10.0 Å². The second-order valence-electron chi connectivity index (χ2n) is 5.73. The van der Waals surface area contributed by atoms with E-state index in [1.807, 2.05) is 36.4 Å². The molecule has 132 valence electrons. The molecule has 25 heavy (non-hydrogen) atoms. The molecule has 0 fully saturated rings. The van der Waals surface area contributed by atoms with Crippen molar-refractivity contribution in [3.8, 4) is 11.5 Å². The van der Waals surface area contributed by atoms with E-state index < -0.39 is 10.0 Å². The van der Waals surface area contributed by atoms with E-state index in [0.29, 0.717) is 31.0 Å². The normalized spacial score (nSPS) is 15.5. The molecule has 0 aromatic heterocycles. The second-order valence-corrected chi connectivity index (χ2v) is 7.63. The summed E-state index contributed by atoms with van der Waals surface area (Å²) < 4.78 is 37.9. The van der Waals surface area contributed by atoms with Crippen molar-refractivity contribution >= 4 is 15.6 Å². The van der Waals surface area contributed by atoms with Crippen LogP contribution in [0.15, 0.2) is 59.5 Å². The Morgan fingerprint density at radius 1 is 1.00 bits per heavy atom. The maximum Gasteiger partial charge on any atom is 0.247 e. The summed E-state index contributed by atoms with van der Waals surface area (Å²) in [5, 5.41) is 0. The van der Waals surface area contributed by atoms with E-state index in [4.69, 9.17) is 9.47 Å². The molecule has 0 amide bonds. The van der Waals surface area contributed by atoms with Crippen molar-refractivity contribution in [3.05, 3.63) is 60.2 Å². The third kappa shape index (κ3) is 3.55. The van der Waals surface area contributed by atoms with E-state index >= 15 is 0 Å². The van der Waals surface area contributed by atoms with Crippen molar-refractivity contribution < 1.29 is 17.9 Å². The van der Waals surface area contributed by atoms with Gasteiger partial charge in [0.05, 0.1) is 14.2 Å². The minimum atomic E-state index is -3.66. The van der Waals surface area contributed by atoms with Gasteiger partial charge >= 0.3 is 0 Å². The highest BCUT2D eigenvalue weighted by Crippen LogP contribution is 2.32. The molecule has 1 aliphatic heterocycles. The molecule has 0 aliphatic carbocycles. The highest BCUT2D eigenvalue weighted by molar-refractivity contribution is 7.89. The zero-order chi connectivity index (χ0) is 17.9. The molecular formula is C19H21NO4S. The van der Waals surface area contributed by atoms with Crippen LogP contribution in [0, 0.1) is 0 Å². The molecule has 0 unspecified atom stereocenters. The number of hydrogen-bond donors (Lipinski definition) is 0. The lowest BCUT2D eigenvalue weighted by molar-refractivity contribution is 0.386. The van der Waals surface area contributed by atoms with Gasteiger partial charge in [0.1, 0.15) is 16.4 Å². The van der Waals surface area contributed by atoms with E-state index in [-0.39, 0.29) is 4.90 Å². The number of hydrogen-bond acceptors (Lipinski definition) is 4. The van der Waals surface area contributed by atoms with Gasteiger partial charge in [-0.2, -0.15) is 4.31 Å². The number of methoxy groups -OCH3 is 2. The first kappa shape index (κ1) is 17.5. The minimum absolute atomic E-state index is 0.130.